The first-order valence-electron chi connectivity index (χ1n) is 6.38. The third kappa shape index (κ3) is 3.05. The van der Waals surface area contributed by atoms with Crippen LogP contribution in [-0.4, -0.2) is 35.5 Å². The van der Waals surface area contributed by atoms with Crippen LogP contribution < -0.4 is 5.73 Å². The van der Waals surface area contributed by atoms with Crippen molar-refractivity contribution in [1.82, 2.24) is 4.90 Å². The van der Waals surface area contributed by atoms with Gasteiger partial charge in [0.15, 0.2) is 0 Å². The summed E-state index contributed by atoms with van der Waals surface area (Å²) in [5.41, 5.74) is 7.02. The first-order chi connectivity index (χ1) is 8.70. The smallest absolute Gasteiger partial charge is 0.269 e. The van der Waals surface area contributed by atoms with Crippen molar-refractivity contribution in [2.45, 2.75) is 25.3 Å². The molecule has 1 fully saturated rings. The van der Waals surface area contributed by atoms with Gasteiger partial charge in [0, 0.05) is 31.3 Å². The van der Waals surface area contributed by atoms with Crippen LogP contribution in [0.5, 0.6) is 0 Å². The number of rotatable bonds is 5. The third-order valence-electron chi connectivity index (χ3n) is 3.61. The van der Waals surface area contributed by atoms with Crippen molar-refractivity contribution in [3.63, 3.8) is 0 Å². The Morgan fingerprint density at radius 2 is 2.11 bits per heavy atom. The Bertz CT molecular complexity index is 405. The van der Waals surface area contributed by atoms with Crippen LogP contribution in [0.4, 0.5) is 5.69 Å². The van der Waals surface area contributed by atoms with Gasteiger partial charge in [0.25, 0.3) is 5.69 Å². The second-order valence-electron chi connectivity index (χ2n) is 4.74. The molecule has 1 atom stereocenters. The summed E-state index contributed by atoms with van der Waals surface area (Å²) in [5.74, 6) is 0. The fraction of sp³-hybridized carbons (Fsp3) is 0.538. The van der Waals surface area contributed by atoms with Gasteiger partial charge >= 0.3 is 0 Å². The van der Waals surface area contributed by atoms with Gasteiger partial charge in [-0.05, 0) is 31.4 Å². The Hall–Kier alpha value is -1.46. The quantitative estimate of drug-likeness (QED) is 0.635. The summed E-state index contributed by atoms with van der Waals surface area (Å²) in [5, 5.41) is 10.5. The molecule has 1 aliphatic rings. The maximum absolute atomic E-state index is 10.5. The summed E-state index contributed by atoms with van der Waals surface area (Å²) in [7, 11) is 0. The van der Waals surface area contributed by atoms with Gasteiger partial charge in [0.1, 0.15) is 0 Å². The lowest BCUT2D eigenvalue weighted by molar-refractivity contribution is -0.384. The molecular formula is C13H19N3O2. The van der Waals surface area contributed by atoms with Gasteiger partial charge in [-0.25, -0.2) is 0 Å². The van der Waals surface area contributed by atoms with Crippen LogP contribution in [0.25, 0.3) is 0 Å². The van der Waals surface area contributed by atoms with Crippen molar-refractivity contribution in [3.8, 4) is 0 Å². The fourth-order valence-electron chi connectivity index (χ4n) is 2.51. The van der Waals surface area contributed by atoms with Crippen molar-refractivity contribution in [2.24, 2.45) is 5.73 Å². The molecule has 5 nitrogen and oxygen atoms in total. The van der Waals surface area contributed by atoms with Crippen LogP contribution in [0.2, 0.25) is 0 Å². The molecular weight excluding hydrogens is 230 g/mol. The molecule has 0 saturated carbocycles. The number of non-ortho nitro benzene ring substituents is 1. The van der Waals surface area contributed by atoms with Gasteiger partial charge in [-0.15, -0.1) is 0 Å². The molecule has 0 amide bonds. The van der Waals surface area contributed by atoms with Gasteiger partial charge < -0.3 is 5.73 Å². The monoisotopic (exact) mass is 249 g/mol. The van der Waals surface area contributed by atoms with E-state index in [1.807, 2.05) is 12.1 Å². The second kappa shape index (κ2) is 5.93. The molecule has 0 aromatic heterocycles. The number of nitro benzene ring substituents is 1. The zero-order chi connectivity index (χ0) is 13.0. The maximum Gasteiger partial charge on any atom is 0.269 e. The van der Waals surface area contributed by atoms with Crippen molar-refractivity contribution >= 4 is 5.69 Å². The Morgan fingerprint density at radius 1 is 1.39 bits per heavy atom. The Labute approximate surface area is 107 Å². The van der Waals surface area contributed by atoms with Crippen molar-refractivity contribution < 1.29 is 4.92 Å². The van der Waals surface area contributed by atoms with E-state index in [-0.39, 0.29) is 10.6 Å². The maximum atomic E-state index is 10.5. The number of hydrogen-bond acceptors (Lipinski definition) is 4. The molecule has 0 bridgehead atoms. The molecule has 1 heterocycles. The predicted molar refractivity (Wildman–Crippen MR) is 70.4 cm³/mol. The van der Waals surface area contributed by atoms with Crippen LogP contribution in [0.15, 0.2) is 24.3 Å². The van der Waals surface area contributed by atoms with E-state index in [0.29, 0.717) is 6.04 Å². The molecule has 1 aromatic rings. The minimum absolute atomic E-state index is 0.153. The van der Waals surface area contributed by atoms with Crippen LogP contribution in [0.3, 0.4) is 0 Å². The SMILES string of the molecule is NCC1CCCN1CCc1ccc([N+](=O)[O-])cc1. The average Bonchev–Trinajstić information content (AvgIpc) is 2.84. The van der Waals surface area contributed by atoms with Crippen molar-refractivity contribution in [2.75, 3.05) is 19.6 Å². The van der Waals surface area contributed by atoms with E-state index >= 15 is 0 Å². The van der Waals surface area contributed by atoms with Crippen LogP contribution in [-0.2, 0) is 6.42 Å². The van der Waals surface area contributed by atoms with Gasteiger partial charge in [0.2, 0.25) is 0 Å². The van der Waals surface area contributed by atoms with Crippen molar-refractivity contribution in [1.29, 1.82) is 0 Å². The summed E-state index contributed by atoms with van der Waals surface area (Å²) in [4.78, 5) is 12.6. The lowest BCUT2D eigenvalue weighted by atomic mass is 10.1. The minimum Gasteiger partial charge on any atom is -0.329 e. The van der Waals surface area contributed by atoms with Gasteiger partial charge in [0.05, 0.1) is 4.92 Å². The van der Waals surface area contributed by atoms with Crippen molar-refractivity contribution in [3.05, 3.63) is 39.9 Å². The second-order valence-corrected chi connectivity index (χ2v) is 4.74. The molecule has 18 heavy (non-hydrogen) atoms. The third-order valence-corrected chi connectivity index (χ3v) is 3.61. The number of nitrogens with two attached hydrogens (primary N) is 1. The number of nitrogens with zero attached hydrogens (tertiary/aromatic N) is 2. The lowest BCUT2D eigenvalue weighted by Gasteiger charge is -2.22. The van der Waals surface area contributed by atoms with E-state index in [2.05, 4.69) is 4.90 Å². The van der Waals surface area contributed by atoms with E-state index in [0.717, 1.165) is 31.6 Å². The van der Waals surface area contributed by atoms with E-state index < -0.39 is 0 Å². The molecule has 0 spiro atoms. The minimum atomic E-state index is -0.366. The highest BCUT2D eigenvalue weighted by atomic mass is 16.6. The first kappa shape index (κ1) is 13.0. The highest BCUT2D eigenvalue weighted by Gasteiger charge is 2.22. The normalized spacial score (nSPS) is 20.2. The van der Waals surface area contributed by atoms with E-state index in [4.69, 9.17) is 5.73 Å². The average molecular weight is 249 g/mol. The molecule has 1 aliphatic heterocycles. The zero-order valence-electron chi connectivity index (χ0n) is 10.4. The van der Waals surface area contributed by atoms with Crippen LogP contribution in [0.1, 0.15) is 18.4 Å². The van der Waals surface area contributed by atoms with Gasteiger partial charge in [-0.1, -0.05) is 12.1 Å². The van der Waals surface area contributed by atoms with E-state index in [1.54, 1.807) is 12.1 Å². The number of hydrogen-bond donors (Lipinski definition) is 1. The molecule has 1 saturated heterocycles. The first-order valence-corrected chi connectivity index (χ1v) is 6.38. The molecule has 0 aliphatic carbocycles. The predicted octanol–water partition coefficient (Wildman–Crippen LogP) is 1.56. The van der Waals surface area contributed by atoms with E-state index in [9.17, 15) is 10.1 Å². The summed E-state index contributed by atoms with van der Waals surface area (Å²) < 4.78 is 0. The molecule has 2 N–H and O–H groups in total. The Morgan fingerprint density at radius 3 is 2.72 bits per heavy atom. The molecule has 1 unspecified atom stereocenters. The summed E-state index contributed by atoms with van der Waals surface area (Å²) in [6.07, 6.45) is 3.34. The summed E-state index contributed by atoms with van der Waals surface area (Å²) in [6.45, 7) is 2.83. The highest BCUT2D eigenvalue weighted by molar-refractivity contribution is 5.32. The van der Waals surface area contributed by atoms with E-state index in [1.165, 1.54) is 12.8 Å². The number of nitro groups is 1. The fourth-order valence-corrected chi connectivity index (χ4v) is 2.51. The largest absolute Gasteiger partial charge is 0.329 e. The Kier molecular flexibility index (Phi) is 4.28. The standard InChI is InChI=1S/C13H19N3O2/c14-10-13-2-1-8-15(13)9-7-11-3-5-12(6-4-11)16(17)18/h3-6,13H,1-2,7-10,14H2. The molecule has 1 aromatic carbocycles. The highest BCUT2D eigenvalue weighted by Crippen LogP contribution is 2.17. The Balaban J connectivity index is 1.88. The zero-order valence-corrected chi connectivity index (χ0v) is 10.4. The van der Waals surface area contributed by atoms with Crippen LogP contribution >= 0.6 is 0 Å². The molecule has 98 valence electrons. The molecule has 0 radical (unpaired) electrons. The summed E-state index contributed by atoms with van der Waals surface area (Å²) in [6, 6.07) is 7.33. The molecule has 5 heteroatoms. The van der Waals surface area contributed by atoms with Gasteiger partial charge in [-0.2, -0.15) is 0 Å². The van der Waals surface area contributed by atoms with Crippen LogP contribution in [0, 0.1) is 10.1 Å². The number of benzene rings is 1. The topological polar surface area (TPSA) is 72.4 Å². The summed E-state index contributed by atoms with van der Waals surface area (Å²) >= 11 is 0. The lowest BCUT2D eigenvalue weighted by Crippen LogP contribution is -2.36. The number of likely N-dealkylation sites (tertiary alicyclic amines) is 1. The molecule has 2 rings (SSSR count). The van der Waals surface area contributed by atoms with Gasteiger partial charge in [-0.3, -0.25) is 15.0 Å².